The average Bonchev–Trinajstić information content (AvgIpc) is 2.76. The summed E-state index contributed by atoms with van der Waals surface area (Å²) in [6, 6.07) is 11.0. The Hall–Kier alpha value is -3.48. The normalized spacial score (nSPS) is 14.5. The number of pyridine rings is 1. The van der Waals surface area contributed by atoms with E-state index in [0.717, 1.165) is 40.7 Å². The van der Waals surface area contributed by atoms with E-state index < -0.39 is 6.43 Å². The lowest BCUT2D eigenvalue weighted by atomic mass is 9.89. The van der Waals surface area contributed by atoms with Crippen LogP contribution in [0.3, 0.4) is 0 Å². The summed E-state index contributed by atoms with van der Waals surface area (Å²) in [6.45, 7) is 5.66. The lowest BCUT2D eigenvalue weighted by Crippen LogP contribution is -2.26. The number of nitrogens with two attached hydrogens (primary N) is 1. The molecule has 0 atom stereocenters. The molecule has 4 rings (SSSR count). The highest BCUT2D eigenvalue weighted by atomic mass is 19.3. The Balaban J connectivity index is 1.98. The van der Waals surface area contributed by atoms with E-state index in [0.29, 0.717) is 28.9 Å². The minimum absolute atomic E-state index is 0.0539. The highest BCUT2D eigenvalue weighted by molar-refractivity contribution is 6.22. The quantitative estimate of drug-likeness (QED) is 0.508. The van der Waals surface area contributed by atoms with Crippen molar-refractivity contribution < 1.29 is 8.78 Å². The van der Waals surface area contributed by atoms with Crippen molar-refractivity contribution in [2.24, 2.45) is 12.8 Å². The van der Waals surface area contributed by atoms with Crippen molar-refractivity contribution in [1.29, 1.82) is 5.41 Å². The van der Waals surface area contributed by atoms with Crippen LogP contribution in [0.25, 0.3) is 16.5 Å². The molecule has 0 bridgehead atoms. The van der Waals surface area contributed by atoms with Gasteiger partial charge in [0.1, 0.15) is 0 Å². The highest BCUT2D eigenvalue weighted by Gasteiger charge is 2.27. The Morgan fingerprint density at radius 1 is 1.15 bits per heavy atom. The fourth-order valence-electron chi connectivity index (χ4n) is 4.88. The van der Waals surface area contributed by atoms with Gasteiger partial charge in [0.2, 0.25) is 0 Å². The van der Waals surface area contributed by atoms with Crippen LogP contribution in [-0.2, 0) is 13.5 Å². The molecule has 0 amide bonds. The summed E-state index contributed by atoms with van der Waals surface area (Å²) in [6.07, 6.45) is -1.11. The molecule has 0 spiro atoms. The van der Waals surface area contributed by atoms with Gasteiger partial charge >= 0.3 is 0 Å². The molecule has 0 aliphatic carbocycles. The molecule has 0 radical (unpaired) electrons. The zero-order valence-corrected chi connectivity index (χ0v) is 19.3. The summed E-state index contributed by atoms with van der Waals surface area (Å²) in [5.41, 5.74) is 11.0. The molecule has 1 aliphatic heterocycles. The Kier molecular flexibility index (Phi) is 5.82. The van der Waals surface area contributed by atoms with Crippen molar-refractivity contribution in [3.63, 3.8) is 0 Å². The van der Waals surface area contributed by atoms with Crippen molar-refractivity contribution in [2.75, 3.05) is 11.4 Å². The Morgan fingerprint density at radius 3 is 2.52 bits per heavy atom. The van der Waals surface area contributed by atoms with Gasteiger partial charge in [-0.2, -0.15) is 0 Å². The molecule has 172 valence electrons. The Labute approximate surface area is 191 Å². The standard InChI is InChI=1S/C26H28F2N4O/c1-14-11-20-21(31(4)26(14)33)8-5-9-22(20)32-10-6-7-17-12-18(24(15(2)29)16(3)30)19(25(27)28)13-23(17)32/h5,8-9,11-13,25,29H,6-7,10,30H2,1-4H3/b24-16+,29-15?. The maximum atomic E-state index is 14.2. The van der Waals surface area contributed by atoms with Gasteiger partial charge in [0.15, 0.2) is 0 Å². The zero-order chi connectivity index (χ0) is 24.0. The number of nitrogens with zero attached hydrogens (tertiary/aromatic N) is 2. The number of hydrogen-bond donors (Lipinski definition) is 2. The van der Waals surface area contributed by atoms with Crippen LogP contribution in [0, 0.1) is 12.3 Å². The molecule has 2 heterocycles. The van der Waals surface area contributed by atoms with Gasteiger partial charge in [0, 0.05) is 52.8 Å². The molecule has 5 nitrogen and oxygen atoms in total. The largest absolute Gasteiger partial charge is 0.402 e. The van der Waals surface area contributed by atoms with E-state index in [1.165, 1.54) is 0 Å². The maximum Gasteiger partial charge on any atom is 0.264 e. The molecule has 2 aromatic carbocycles. The molecule has 0 unspecified atom stereocenters. The number of nitrogens with one attached hydrogen (secondary N) is 1. The third kappa shape index (κ3) is 3.81. The number of alkyl halides is 2. The van der Waals surface area contributed by atoms with Gasteiger partial charge in [-0.1, -0.05) is 6.07 Å². The van der Waals surface area contributed by atoms with Crippen molar-refractivity contribution in [1.82, 2.24) is 4.57 Å². The number of aromatic nitrogens is 1. The summed E-state index contributed by atoms with van der Waals surface area (Å²) < 4.78 is 30.1. The van der Waals surface area contributed by atoms with Gasteiger partial charge in [-0.15, -0.1) is 0 Å². The summed E-state index contributed by atoms with van der Waals surface area (Å²) in [4.78, 5) is 14.5. The fourth-order valence-corrected chi connectivity index (χ4v) is 4.88. The van der Waals surface area contributed by atoms with Crippen molar-refractivity contribution >= 4 is 33.6 Å². The average molecular weight is 451 g/mol. The Morgan fingerprint density at radius 2 is 1.88 bits per heavy atom. The van der Waals surface area contributed by atoms with E-state index in [1.807, 2.05) is 24.3 Å². The number of allylic oxidation sites excluding steroid dienone is 2. The molecule has 0 fully saturated rings. The summed E-state index contributed by atoms with van der Waals surface area (Å²) >= 11 is 0. The van der Waals surface area contributed by atoms with Crippen LogP contribution in [0.5, 0.6) is 0 Å². The molecule has 3 N–H and O–H groups in total. The second-order valence-corrected chi connectivity index (χ2v) is 8.71. The van der Waals surface area contributed by atoms with E-state index >= 15 is 0 Å². The minimum Gasteiger partial charge on any atom is -0.402 e. The third-order valence-corrected chi connectivity index (χ3v) is 6.36. The monoisotopic (exact) mass is 450 g/mol. The van der Waals surface area contributed by atoms with E-state index in [4.69, 9.17) is 11.1 Å². The molecule has 33 heavy (non-hydrogen) atoms. The van der Waals surface area contributed by atoms with E-state index in [2.05, 4.69) is 4.90 Å². The first kappa shape index (κ1) is 22.7. The van der Waals surface area contributed by atoms with E-state index in [1.54, 1.807) is 44.5 Å². The molecular formula is C26H28F2N4O. The van der Waals surface area contributed by atoms with Gasteiger partial charge < -0.3 is 20.6 Å². The van der Waals surface area contributed by atoms with E-state index in [-0.39, 0.29) is 16.8 Å². The predicted octanol–water partition coefficient (Wildman–Crippen LogP) is 5.60. The maximum absolute atomic E-state index is 14.2. The zero-order valence-electron chi connectivity index (χ0n) is 19.3. The van der Waals surface area contributed by atoms with Crippen molar-refractivity contribution in [2.45, 2.75) is 40.0 Å². The predicted molar refractivity (Wildman–Crippen MR) is 131 cm³/mol. The number of benzene rings is 2. The first-order chi connectivity index (χ1) is 15.6. The van der Waals surface area contributed by atoms with Crippen molar-refractivity contribution in [3.8, 4) is 0 Å². The summed E-state index contributed by atoms with van der Waals surface area (Å²) in [5, 5.41) is 9.00. The molecule has 1 aromatic heterocycles. The lowest BCUT2D eigenvalue weighted by molar-refractivity contribution is 0.151. The fraction of sp³-hybridized carbons (Fsp3) is 0.308. The van der Waals surface area contributed by atoms with E-state index in [9.17, 15) is 13.6 Å². The molecule has 7 heteroatoms. The van der Waals surface area contributed by atoms with Gasteiger partial charge in [-0.25, -0.2) is 8.78 Å². The second-order valence-electron chi connectivity index (χ2n) is 8.71. The molecule has 1 aliphatic rings. The van der Waals surface area contributed by atoms with Crippen molar-refractivity contribution in [3.05, 3.63) is 74.7 Å². The van der Waals surface area contributed by atoms with Crippen LogP contribution in [0.4, 0.5) is 20.2 Å². The number of hydrogen-bond acceptors (Lipinski definition) is 4. The summed E-state index contributed by atoms with van der Waals surface area (Å²) in [7, 11) is 1.75. The lowest BCUT2D eigenvalue weighted by Gasteiger charge is -2.34. The molecular weight excluding hydrogens is 422 g/mol. The number of anilines is 2. The smallest absolute Gasteiger partial charge is 0.264 e. The minimum atomic E-state index is -2.71. The number of fused-ring (bicyclic) bond motifs is 2. The van der Waals surface area contributed by atoms with Crippen LogP contribution in [0.2, 0.25) is 0 Å². The van der Waals surface area contributed by atoms with Crippen LogP contribution >= 0.6 is 0 Å². The third-order valence-electron chi connectivity index (χ3n) is 6.36. The second kappa shape index (κ2) is 8.46. The van der Waals surface area contributed by atoms with Crippen LogP contribution in [0.15, 0.2) is 46.9 Å². The number of rotatable bonds is 4. The van der Waals surface area contributed by atoms with Gasteiger partial charge in [-0.3, -0.25) is 4.79 Å². The number of aryl methyl sites for hydroxylation is 3. The van der Waals surface area contributed by atoms with Gasteiger partial charge in [0.05, 0.1) is 11.2 Å². The topological polar surface area (TPSA) is 75.1 Å². The SMILES string of the molecule is CC(=N)/C(=C(/C)N)c1cc2c(cc1C(F)F)N(c1cccc3c1cc(C)c(=O)n3C)CCC2. The number of halogens is 2. The van der Waals surface area contributed by atoms with Gasteiger partial charge in [0.25, 0.3) is 12.0 Å². The van der Waals surface area contributed by atoms with Crippen LogP contribution in [0.1, 0.15) is 48.9 Å². The van der Waals surface area contributed by atoms with Gasteiger partial charge in [-0.05, 0) is 75.1 Å². The first-order valence-electron chi connectivity index (χ1n) is 11.0. The molecule has 3 aromatic rings. The molecule has 0 saturated heterocycles. The van der Waals surface area contributed by atoms with Crippen LogP contribution in [-0.4, -0.2) is 16.8 Å². The Bertz CT molecular complexity index is 1370. The first-order valence-corrected chi connectivity index (χ1v) is 11.0. The van der Waals surface area contributed by atoms with Crippen LogP contribution < -0.4 is 16.2 Å². The highest BCUT2D eigenvalue weighted by Crippen LogP contribution is 2.42. The summed E-state index contributed by atoms with van der Waals surface area (Å²) in [5.74, 6) is 0. The molecule has 0 saturated carbocycles.